The maximum atomic E-state index is 13.6. The third kappa shape index (κ3) is 1.27. The van der Waals surface area contributed by atoms with Crippen molar-refractivity contribution in [2.75, 3.05) is 6.54 Å². The average molecular weight is 219 g/mol. The molecule has 2 fully saturated rings. The Morgan fingerprint density at radius 2 is 2.25 bits per heavy atom. The number of halogens is 1. The van der Waals surface area contributed by atoms with Gasteiger partial charge in [0.1, 0.15) is 5.82 Å². The Morgan fingerprint density at radius 3 is 2.88 bits per heavy atom. The Bertz CT molecular complexity index is 445. The van der Waals surface area contributed by atoms with Crippen molar-refractivity contribution in [3.63, 3.8) is 0 Å². The predicted molar refractivity (Wildman–Crippen MR) is 58.3 cm³/mol. The monoisotopic (exact) mass is 219 g/mol. The predicted octanol–water partition coefficient (Wildman–Crippen LogP) is 1.89. The molecule has 2 aliphatic rings. The summed E-state index contributed by atoms with van der Waals surface area (Å²) in [7, 11) is 0. The lowest BCUT2D eigenvalue weighted by Crippen LogP contribution is -2.42. The molecule has 2 atom stereocenters. The Kier molecular flexibility index (Phi) is 2.03. The van der Waals surface area contributed by atoms with E-state index < -0.39 is 0 Å². The number of hydrogen-bond donors (Lipinski definition) is 1. The second kappa shape index (κ2) is 3.30. The summed E-state index contributed by atoms with van der Waals surface area (Å²) in [5, 5.41) is 2.90. The van der Waals surface area contributed by atoms with E-state index in [1.54, 1.807) is 6.07 Å². The Balaban J connectivity index is 1.86. The van der Waals surface area contributed by atoms with Gasteiger partial charge in [0.25, 0.3) is 0 Å². The van der Waals surface area contributed by atoms with Crippen LogP contribution in [-0.4, -0.2) is 12.5 Å². The number of carbonyl (C=O) groups is 1. The van der Waals surface area contributed by atoms with Crippen LogP contribution in [0.25, 0.3) is 0 Å². The molecule has 1 aromatic carbocycles. The van der Waals surface area contributed by atoms with Crippen molar-refractivity contribution in [1.29, 1.82) is 0 Å². The van der Waals surface area contributed by atoms with Crippen LogP contribution in [0.4, 0.5) is 4.39 Å². The van der Waals surface area contributed by atoms with Crippen LogP contribution in [0.1, 0.15) is 18.4 Å². The fourth-order valence-corrected chi connectivity index (χ4v) is 3.00. The molecule has 1 aliphatic heterocycles. The van der Waals surface area contributed by atoms with Gasteiger partial charge in [-0.05, 0) is 30.9 Å². The number of rotatable bonds is 2. The van der Waals surface area contributed by atoms with Crippen molar-refractivity contribution in [3.8, 4) is 0 Å². The van der Waals surface area contributed by atoms with E-state index in [0.29, 0.717) is 13.0 Å². The van der Waals surface area contributed by atoms with Gasteiger partial charge in [-0.25, -0.2) is 4.39 Å². The number of hydrogen-bond acceptors (Lipinski definition) is 1. The van der Waals surface area contributed by atoms with Gasteiger partial charge in [0, 0.05) is 17.9 Å². The minimum absolute atomic E-state index is 0.000718. The zero-order chi connectivity index (χ0) is 11.2. The van der Waals surface area contributed by atoms with Gasteiger partial charge < -0.3 is 5.32 Å². The van der Waals surface area contributed by atoms with Crippen LogP contribution < -0.4 is 5.32 Å². The minimum atomic E-state index is -0.151. The highest BCUT2D eigenvalue weighted by atomic mass is 19.1. The summed E-state index contributed by atoms with van der Waals surface area (Å²) in [6.45, 7) is 0.713. The summed E-state index contributed by atoms with van der Waals surface area (Å²) in [5.74, 6) is 0.122. The van der Waals surface area contributed by atoms with E-state index >= 15 is 0 Å². The van der Waals surface area contributed by atoms with E-state index in [4.69, 9.17) is 0 Å². The smallest absolute Gasteiger partial charge is 0.223 e. The van der Waals surface area contributed by atoms with Crippen LogP contribution in [0.2, 0.25) is 0 Å². The van der Waals surface area contributed by atoms with Crippen molar-refractivity contribution >= 4 is 5.91 Å². The molecule has 3 heteroatoms. The maximum Gasteiger partial charge on any atom is 0.223 e. The number of benzene rings is 1. The summed E-state index contributed by atoms with van der Waals surface area (Å²) < 4.78 is 13.6. The lowest BCUT2D eigenvalue weighted by atomic mass is 9.59. The van der Waals surface area contributed by atoms with Gasteiger partial charge in [-0.3, -0.25) is 4.79 Å². The molecule has 0 radical (unpaired) electrons. The molecule has 1 saturated heterocycles. The van der Waals surface area contributed by atoms with Crippen LogP contribution in [-0.2, 0) is 11.2 Å². The molecule has 1 aromatic rings. The quantitative estimate of drug-likeness (QED) is 0.808. The van der Waals surface area contributed by atoms with Crippen LogP contribution in [0.3, 0.4) is 0 Å². The van der Waals surface area contributed by atoms with E-state index in [-0.39, 0.29) is 23.1 Å². The van der Waals surface area contributed by atoms with Crippen molar-refractivity contribution in [3.05, 3.63) is 35.6 Å². The first-order chi connectivity index (χ1) is 7.71. The number of fused-ring (bicyclic) bond motifs is 1. The highest BCUT2D eigenvalue weighted by molar-refractivity contribution is 5.83. The third-order valence-corrected chi connectivity index (χ3v) is 4.10. The van der Waals surface area contributed by atoms with Gasteiger partial charge in [0.15, 0.2) is 0 Å². The van der Waals surface area contributed by atoms with Crippen LogP contribution in [0, 0.1) is 17.2 Å². The number of nitrogens with one attached hydrogen (secondary N) is 1. The van der Waals surface area contributed by atoms with Crippen LogP contribution >= 0.6 is 0 Å². The molecular formula is C13H14FNO. The van der Waals surface area contributed by atoms with Crippen LogP contribution in [0.15, 0.2) is 24.3 Å². The lowest BCUT2D eigenvalue weighted by molar-refractivity contribution is -0.127. The van der Waals surface area contributed by atoms with E-state index in [2.05, 4.69) is 5.32 Å². The van der Waals surface area contributed by atoms with E-state index in [9.17, 15) is 9.18 Å². The molecular weight excluding hydrogens is 205 g/mol. The van der Waals surface area contributed by atoms with E-state index in [1.165, 1.54) is 6.07 Å². The molecule has 1 heterocycles. The van der Waals surface area contributed by atoms with Crippen molar-refractivity contribution in [1.82, 2.24) is 5.32 Å². The zero-order valence-electron chi connectivity index (χ0n) is 9.00. The molecule has 2 nitrogen and oxygen atoms in total. The highest BCUT2D eigenvalue weighted by Gasteiger charge is 2.54. The third-order valence-electron chi connectivity index (χ3n) is 4.10. The Morgan fingerprint density at radius 1 is 1.44 bits per heavy atom. The summed E-state index contributed by atoms with van der Waals surface area (Å²) in [4.78, 5) is 11.5. The topological polar surface area (TPSA) is 29.1 Å². The molecule has 0 bridgehead atoms. The second-order valence-corrected chi connectivity index (χ2v) is 4.94. The molecule has 0 spiro atoms. The van der Waals surface area contributed by atoms with Gasteiger partial charge in [-0.1, -0.05) is 18.2 Å². The first kappa shape index (κ1) is 9.82. The molecule has 1 aliphatic carbocycles. The lowest BCUT2D eigenvalue weighted by Gasteiger charge is -2.42. The van der Waals surface area contributed by atoms with E-state index in [0.717, 1.165) is 18.4 Å². The normalized spacial score (nSPS) is 31.8. The van der Waals surface area contributed by atoms with Crippen molar-refractivity contribution < 1.29 is 9.18 Å². The Hall–Kier alpha value is -1.38. The summed E-state index contributed by atoms with van der Waals surface area (Å²) in [6.07, 6.45) is 2.67. The first-order valence-corrected chi connectivity index (χ1v) is 5.72. The van der Waals surface area contributed by atoms with Gasteiger partial charge in [0.2, 0.25) is 5.91 Å². The first-order valence-electron chi connectivity index (χ1n) is 5.72. The summed E-state index contributed by atoms with van der Waals surface area (Å²) in [5.41, 5.74) is 0.739. The summed E-state index contributed by atoms with van der Waals surface area (Å²) in [6, 6.07) is 6.87. The Labute approximate surface area is 93.9 Å². The fraction of sp³-hybridized carbons (Fsp3) is 0.462. The second-order valence-electron chi connectivity index (χ2n) is 4.94. The SMILES string of the molecule is O=C1NCC2(Cc3ccccc3F)CCC12. The van der Waals surface area contributed by atoms with Crippen molar-refractivity contribution in [2.45, 2.75) is 19.3 Å². The van der Waals surface area contributed by atoms with Gasteiger partial charge in [0.05, 0.1) is 0 Å². The summed E-state index contributed by atoms with van der Waals surface area (Å²) >= 11 is 0. The maximum absolute atomic E-state index is 13.6. The molecule has 3 rings (SSSR count). The minimum Gasteiger partial charge on any atom is -0.355 e. The fourth-order valence-electron chi connectivity index (χ4n) is 3.00. The molecule has 2 unspecified atom stereocenters. The standard InChI is InChI=1S/C13H14FNO/c14-11-4-2-1-3-9(11)7-13-6-5-10(13)12(16)15-8-13/h1-4,10H,5-8H2,(H,15,16). The zero-order valence-corrected chi connectivity index (χ0v) is 9.00. The largest absolute Gasteiger partial charge is 0.355 e. The van der Waals surface area contributed by atoms with Crippen LogP contribution in [0.5, 0.6) is 0 Å². The van der Waals surface area contributed by atoms with Gasteiger partial charge >= 0.3 is 0 Å². The molecule has 16 heavy (non-hydrogen) atoms. The molecule has 84 valence electrons. The molecule has 0 aromatic heterocycles. The van der Waals surface area contributed by atoms with E-state index in [1.807, 2.05) is 12.1 Å². The molecule has 1 saturated carbocycles. The number of amides is 1. The average Bonchev–Trinajstić information content (AvgIpc) is 2.44. The van der Waals surface area contributed by atoms with Crippen molar-refractivity contribution in [2.24, 2.45) is 11.3 Å². The molecule has 1 amide bonds. The van der Waals surface area contributed by atoms with Gasteiger partial charge in [-0.2, -0.15) is 0 Å². The highest BCUT2D eigenvalue weighted by Crippen LogP contribution is 2.51. The van der Waals surface area contributed by atoms with Gasteiger partial charge in [-0.15, -0.1) is 0 Å². The number of carbonyl (C=O) groups excluding carboxylic acids is 1. The molecule has 1 N–H and O–H groups in total.